The van der Waals surface area contributed by atoms with Crippen LogP contribution < -0.4 is 10.6 Å². The van der Waals surface area contributed by atoms with Crippen LogP contribution in [0.5, 0.6) is 0 Å². The SMILES string of the molecule is CNC(=O)[C@@H](CC(C)C)NC(=O)c1cc(-c2cc(C)oc2C)nc2onc(C)c12. The van der Waals surface area contributed by atoms with Crippen LogP contribution >= 0.6 is 0 Å². The van der Waals surface area contributed by atoms with Gasteiger partial charge in [-0.1, -0.05) is 19.0 Å². The molecule has 3 aromatic rings. The van der Waals surface area contributed by atoms with Gasteiger partial charge >= 0.3 is 0 Å². The van der Waals surface area contributed by atoms with E-state index in [2.05, 4.69) is 20.8 Å². The Kier molecular flexibility index (Phi) is 5.72. The third-order valence-corrected chi connectivity index (χ3v) is 4.75. The zero-order valence-corrected chi connectivity index (χ0v) is 17.5. The van der Waals surface area contributed by atoms with E-state index >= 15 is 0 Å². The lowest BCUT2D eigenvalue weighted by Crippen LogP contribution is -2.46. The zero-order chi connectivity index (χ0) is 21.3. The average molecular weight is 398 g/mol. The topological polar surface area (TPSA) is 110 Å². The number of hydrogen-bond acceptors (Lipinski definition) is 6. The van der Waals surface area contributed by atoms with Crippen molar-refractivity contribution in [1.29, 1.82) is 0 Å². The number of nitrogens with zero attached hydrogens (tertiary/aromatic N) is 2. The number of aromatic nitrogens is 2. The first-order valence-corrected chi connectivity index (χ1v) is 9.58. The molecule has 3 rings (SSSR count). The van der Waals surface area contributed by atoms with Gasteiger partial charge in [-0.25, -0.2) is 4.98 Å². The van der Waals surface area contributed by atoms with Gasteiger partial charge in [0.1, 0.15) is 17.6 Å². The quantitative estimate of drug-likeness (QED) is 0.659. The number of pyridine rings is 1. The van der Waals surface area contributed by atoms with E-state index in [9.17, 15) is 9.59 Å². The summed E-state index contributed by atoms with van der Waals surface area (Å²) in [4.78, 5) is 29.9. The fourth-order valence-corrected chi connectivity index (χ4v) is 3.41. The first-order chi connectivity index (χ1) is 13.7. The molecule has 0 fully saturated rings. The van der Waals surface area contributed by atoms with Crippen molar-refractivity contribution in [1.82, 2.24) is 20.8 Å². The molecule has 8 nitrogen and oxygen atoms in total. The number of hydrogen-bond donors (Lipinski definition) is 2. The van der Waals surface area contributed by atoms with Crippen LogP contribution in [-0.4, -0.2) is 35.0 Å². The molecule has 0 saturated heterocycles. The summed E-state index contributed by atoms with van der Waals surface area (Å²) < 4.78 is 10.9. The minimum absolute atomic E-state index is 0.235. The summed E-state index contributed by atoms with van der Waals surface area (Å²) >= 11 is 0. The molecule has 2 N–H and O–H groups in total. The van der Waals surface area contributed by atoms with Gasteiger partial charge in [-0.3, -0.25) is 9.59 Å². The summed E-state index contributed by atoms with van der Waals surface area (Å²) in [6, 6.07) is 2.91. The van der Waals surface area contributed by atoms with Gasteiger partial charge in [0.2, 0.25) is 5.91 Å². The lowest BCUT2D eigenvalue weighted by atomic mass is 10.0. The van der Waals surface area contributed by atoms with E-state index in [0.29, 0.717) is 34.5 Å². The lowest BCUT2D eigenvalue weighted by molar-refractivity contribution is -0.122. The van der Waals surface area contributed by atoms with E-state index in [1.54, 1.807) is 20.0 Å². The third-order valence-electron chi connectivity index (χ3n) is 4.75. The standard InChI is InChI=1S/C21H26N4O4/c1-10(2)7-17(20(27)22-6)23-19(26)15-9-16(14-8-11(3)28-13(14)5)24-21-18(15)12(4)25-29-21/h8-10,17H,7H2,1-6H3,(H,22,27)(H,23,26)/t17-/m1/s1. The van der Waals surface area contributed by atoms with E-state index in [0.717, 1.165) is 11.3 Å². The van der Waals surface area contributed by atoms with Crippen molar-refractivity contribution in [3.8, 4) is 11.3 Å². The molecule has 3 heterocycles. The number of aryl methyl sites for hydroxylation is 3. The fourth-order valence-electron chi connectivity index (χ4n) is 3.41. The Morgan fingerprint density at radius 2 is 1.90 bits per heavy atom. The molecule has 29 heavy (non-hydrogen) atoms. The molecular weight excluding hydrogens is 372 g/mol. The van der Waals surface area contributed by atoms with E-state index in [1.165, 1.54) is 0 Å². The van der Waals surface area contributed by atoms with E-state index in [4.69, 9.17) is 8.94 Å². The Morgan fingerprint density at radius 3 is 2.48 bits per heavy atom. The minimum Gasteiger partial charge on any atom is -0.466 e. The second-order valence-corrected chi connectivity index (χ2v) is 7.60. The van der Waals surface area contributed by atoms with Gasteiger partial charge in [0, 0.05) is 12.6 Å². The predicted molar refractivity (Wildman–Crippen MR) is 108 cm³/mol. The van der Waals surface area contributed by atoms with Crippen molar-refractivity contribution in [2.75, 3.05) is 7.05 Å². The first-order valence-electron chi connectivity index (χ1n) is 9.58. The van der Waals surface area contributed by atoms with Gasteiger partial charge in [-0.05, 0) is 45.2 Å². The van der Waals surface area contributed by atoms with Crippen LogP contribution in [0.15, 0.2) is 21.1 Å². The highest BCUT2D eigenvalue weighted by molar-refractivity contribution is 6.08. The smallest absolute Gasteiger partial charge is 0.259 e. The molecule has 0 aliphatic heterocycles. The molecular formula is C21H26N4O4. The van der Waals surface area contributed by atoms with Crippen LogP contribution in [0.1, 0.15) is 47.8 Å². The van der Waals surface area contributed by atoms with E-state index in [-0.39, 0.29) is 23.4 Å². The highest BCUT2D eigenvalue weighted by Crippen LogP contribution is 2.30. The maximum Gasteiger partial charge on any atom is 0.259 e. The molecule has 3 aromatic heterocycles. The summed E-state index contributed by atoms with van der Waals surface area (Å²) in [6.45, 7) is 9.44. The fraction of sp³-hybridized carbons (Fsp3) is 0.429. The zero-order valence-electron chi connectivity index (χ0n) is 17.5. The molecule has 8 heteroatoms. The second-order valence-electron chi connectivity index (χ2n) is 7.60. The maximum atomic E-state index is 13.2. The number of carbonyl (C=O) groups excluding carboxylic acids is 2. The van der Waals surface area contributed by atoms with Gasteiger partial charge in [0.25, 0.3) is 11.6 Å². The summed E-state index contributed by atoms with van der Waals surface area (Å²) in [7, 11) is 1.55. The summed E-state index contributed by atoms with van der Waals surface area (Å²) in [5, 5.41) is 9.95. The highest BCUT2D eigenvalue weighted by Gasteiger charge is 2.25. The van der Waals surface area contributed by atoms with Crippen molar-refractivity contribution in [3.63, 3.8) is 0 Å². The Labute approximate surface area is 169 Å². The third kappa shape index (κ3) is 4.16. The van der Waals surface area contributed by atoms with Crippen molar-refractivity contribution >= 4 is 22.9 Å². The minimum atomic E-state index is -0.641. The summed E-state index contributed by atoms with van der Waals surface area (Å²) in [6.07, 6.45) is 0.523. The molecule has 0 bridgehead atoms. The van der Waals surface area contributed by atoms with Gasteiger partial charge in [0.05, 0.1) is 22.3 Å². The molecule has 0 saturated carbocycles. The number of fused-ring (bicyclic) bond motifs is 1. The van der Waals surface area contributed by atoms with Crippen LogP contribution in [-0.2, 0) is 4.79 Å². The Bertz CT molecular complexity index is 1060. The van der Waals surface area contributed by atoms with E-state index < -0.39 is 6.04 Å². The number of amides is 2. The molecule has 0 unspecified atom stereocenters. The largest absolute Gasteiger partial charge is 0.466 e. The van der Waals surface area contributed by atoms with Crippen molar-refractivity contribution < 1.29 is 18.5 Å². The second kappa shape index (κ2) is 8.06. The summed E-state index contributed by atoms with van der Waals surface area (Å²) in [5.41, 5.74) is 2.51. The van der Waals surface area contributed by atoms with Crippen molar-refractivity contribution in [2.45, 2.75) is 47.1 Å². The molecule has 0 aliphatic rings. The van der Waals surface area contributed by atoms with Gasteiger partial charge in [-0.2, -0.15) is 0 Å². The van der Waals surface area contributed by atoms with Crippen molar-refractivity contribution in [2.24, 2.45) is 5.92 Å². The van der Waals surface area contributed by atoms with Crippen LogP contribution in [0.3, 0.4) is 0 Å². The monoisotopic (exact) mass is 398 g/mol. The predicted octanol–water partition coefficient (Wildman–Crippen LogP) is 3.30. The number of likely N-dealkylation sites (N-methyl/N-ethyl adjacent to an activating group) is 1. The Morgan fingerprint density at radius 1 is 1.17 bits per heavy atom. The molecule has 0 aliphatic carbocycles. The van der Waals surface area contributed by atoms with Gasteiger partial charge in [0.15, 0.2) is 0 Å². The van der Waals surface area contributed by atoms with Crippen LogP contribution in [0.4, 0.5) is 0 Å². The van der Waals surface area contributed by atoms with Gasteiger partial charge in [-0.15, -0.1) is 0 Å². The van der Waals surface area contributed by atoms with Crippen LogP contribution in [0.25, 0.3) is 22.4 Å². The van der Waals surface area contributed by atoms with Gasteiger partial charge < -0.3 is 19.6 Å². The molecule has 0 aromatic carbocycles. The molecule has 0 radical (unpaired) electrons. The molecule has 0 spiro atoms. The number of carbonyl (C=O) groups is 2. The normalized spacial score (nSPS) is 12.4. The van der Waals surface area contributed by atoms with Crippen LogP contribution in [0.2, 0.25) is 0 Å². The van der Waals surface area contributed by atoms with Crippen LogP contribution in [0, 0.1) is 26.7 Å². The Balaban J connectivity index is 2.07. The number of rotatable bonds is 6. The molecule has 1 atom stereocenters. The van der Waals surface area contributed by atoms with Crippen molar-refractivity contribution in [3.05, 3.63) is 34.9 Å². The summed E-state index contributed by atoms with van der Waals surface area (Å²) in [5.74, 6) is 1.06. The highest BCUT2D eigenvalue weighted by atomic mass is 16.5. The Hall–Kier alpha value is -3.16. The molecule has 2 amide bonds. The van der Waals surface area contributed by atoms with E-state index in [1.807, 2.05) is 33.8 Å². The first kappa shape index (κ1) is 20.6. The number of nitrogens with one attached hydrogen (secondary N) is 2. The number of furan rings is 1. The lowest BCUT2D eigenvalue weighted by Gasteiger charge is -2.19. The molecule has 154 valence electrons. The maximum absolute atomic E-state index is 13.2. The average Bonchev–Trinajstić information content (AvgIpc) is 3.20.